The van der Waals surface area contributed by atoms with Crippen LogP contribution in [0.5, 0.6) is 0 Å². The quantitative estimate of drug-likeness (QED) is 0.478. The van der Waals surface area contributed by atoms with Crippen LogP contribution >= 0.6 is 12.6 Å². The van der Waals surface area contributed by atoms with Gasteiger partial charge in [0.25, 0.3) is 0 Å². The smallest absolute Gasteiger partial charge is 0.0593 e. The summed E-state index contributed by atoms with van der Waals surface area (Å²) >= 11 is 4.52. The lowest BCUT2D eigenvalue weighted by atomic mass is 9.84. The summed E-state index contributed by atoms with van der Waals surface area (Å²) in [4.78, 5) is 2.40. The first kappa shape index (κ1) is 15.3. The van der Waals surface area contributed by atoms with E-state index in [-0.39, 0.29) is 0 Å². The Morgan fingerprint density at radius 2 is 1.94 bits per heavy atom. The predicted molar refractivity (Wildman–Crippen MR) is 77.9 cm³/mol. The van der Waals surface area contributed by atoms with Crippen molar-refractivity contribution in [2.24, 2.45) is 11.3 Å². The Bertz CT molecular complexity index is 194. The van der Waals surface area contributed by atoms with E-state index in [9.17, 15) is 0 Å². The minimum atomic E-state index is 0.383. The van der Waals surface area contributed by atoms with Crippen molar-refractivity contribution < 1.29 is 4.74 Å². The largest absolute Gasteiger partial charge is 0.380 e. The highest BCUT2D eigenvalue weighted by Crippen LogP contribution is 2.29. The van der Waals surface area contributed by atoms with E-state index in [1.165, 1.54) is 25.7 Å². The minimum Gasteiger partial charge on any atom is -0.380 e. The van der Waals surface area contributed by atoms with Gasteiger partial charge in [-0.05, 0) is 49.8 Å². The summed E-state index contributed by atoms with van der Waals surface area (Å²) < 4.78 is 5.68. The Hall–Kier alpha value is 0.270. The molecule has 0 spiro atoms. The molecule has 0 aliphatic heterocycles. The van der Waals surface area contributed by atoms with Crippen molar-refractivity contribution >= 4 is 12.6 Å². The number of hydrogen-bond donors (Lipinski definition) is 1. The Labute approximate surface area is 113 Å². The van der Waals surface area contributed by atoms with Crippen LogP contribution in [0.25, 0.3) is 0 Å². The van der Waals surface area contributed by atoms with Gasteiger partial charge in [0, 0.05) is 19.7 Å². The highest BCUT2D eigenvalue weighted by Gasteiger charge is 2.26. The third-order valence-electron chi connectivity index (χ3n) is 4.11. The summed E-state index contributed by atoms with van der Waals surface area (Å²) in [6.45, 7) is 8.59. The van der Waals surface area contributed by atoms with Crippen molar-refractivity contribution in [2.45, 2.75) is 39.5 Å². The van der Waals surface area contributed by atoms with E-state index in [4.69, 9.17) is 4.74 Å². The molecule has 0 aromatic heterocycles. The van der Waals surface area contributed by atoms with Crippen molar-refractivity contribution in [2.75, 3.05) is 39.1 Å². The van der Waals surface area contributed by atoms with Crippen LogP contribution in [0.2, 0.25) is 0 Å². The van der Waals surface area contributed by atoms with Crippen LogP contribution in [0.15, 0.2) is 0 Å². The fourth-order valence-corrected chi connectivity index (χ4v) is 2.70. The van der Waals surface area contributed by atoms with Gasteiger partial charge in [0.1, 0.15) is 0 Å². The highest BCUT2D eigenvalue weighted by molar-refractivity contribution is 7.80. The number of thiol groups is 1. The normalized spacial score (nSPS) is 16.8. The molecule has 0 saturated heterocycles. The van der Waals surface area contributed by atoms with Crippen molar-refractivity contribution in [3.05, 3.63) is 0 Å². The Morgan fingerprint density at radius 1 is 1.29 bits per heavy atom. The first-order valence-electron chi connectivity index (χ1n) is 7.03. The van der Waals surface area contributed by atoms with Crippen LogP contribution < -0.4 is 0 Å². The van der Waals surface area contributed by atoms with Crippen molar-refractivity contribution in [1.82, 2.24) is 4.90 Å². The first-order chi connectivity index (χ1) is 8.15. The zero-order chi connectivity index (χ0) is 12.7. The zero-order valence-electron chi connectivity index (χ0n) is 11.7. The summed E-state index contributed by atoms with van der Waals surface area (Å²) in [6.07, 6.45) is 5.18. The molecule has 1 aliphatic rings. The lowest BCUT2D eigenvalue weighted by molar-refractivity contribution is 0.0885. The summed E-state index contributed by atoms with van der Waals surface area (Å²) in [6, 6.07) is 0. The second-order valence-corrected chi connectivity index (χ2v) is 5.94. The topological polar surface area (TPSA) is 12.5 Å². The molecule has 0 N–H and O–H groups in total. The predicted octanol–water partition coefficient (Wildman–Crippen LogP) is 3.08. The van der Waals surface area contributed by atoms with Crippen LogP contribution in [0.3, 0.4) is 0 Å². The van der Waals surface area contributed by atoms with E-state index in [1.54, 1.807) is 0 Å². The van der Waals surface area contributed by atoms with Gasteiger partial charge < -0.3 is 9.64 Å². The summed E-state index contributed by atoms with van der Waals surface area (Å²) in [7, 11) is 2.20. The van der Waals surface area contributed by atoms with Crippen molar-refractivity contribution in [1.29, 1.82) is 0 Å². The molecule has 1 saturated carbocycles. The first-order valence-corrected chi connectivity index (χ1v) is 7.66. The second kappa shape index (κ2) is 7.65. The van der Waals surface area contributed by atoms with Gasteiger partial charge in [0.2, 0.25) is 0 Å². The van der Waals surface area contributed by atoms with Gasteiger partial charge in [-0.15, -0.1) is 0 Å². The van der Waals surface area contributed by atoms with E-state index in [1.807, 2.05) is 0 Å². The summed E-state index contributed by atoms with van der Waals surface area (Å²) in [5.41, 5.74) is 0.383. The fourth-order valence-electron chi connectivity index (χ4n) is 2.15. The van der Waals surface area contributed by atoms with Gasteiger partial charge >= 0.3 is 0 Å². The molecule has 0 unspecified atom stereocenters. The molecule has 0 atom stereocenters. The molecule has 2 nitrogen and oxygen atoms in total. The van der Waals surface area contributed by atoms with Crippen molar-refractivity contribution in [3.8, 4) is 0 Å². The maximum Gasteiger partial charge on any atom is 0.0593 e. The molecular weight excluding hydrogens is 230 g/mol. The molecule has 17 heavy (non-hydrogen) atoms. The van der Waals surface area contributed by atoms with E-state index in [2.05, 4.69) is 38.4 Å². The SMILES string of the molecule is CCC(CC)(CS)CN(C)CCOCC1CC1. The number of hydrogen-bond acceptors (Lipinski definition) is 3. The molecule has 0 heterocycles. The Morgan fingerprint density at radius 3 is 2.41 bits per heavy atom. The molecule has 1 fully saturated rings. The molecule has 0 bridgehead atoms. The van der Waals surface area contributed by atoms with Gasteiger partial charge in [-0.1, -0.05) is 13.8 Å². The van der Waals surface area contributed by atoms with Gasteiger partial charge in [0.05, 0.1) is 6.61 Å². The van der Waals surface area contributed by atoms with Gasteiger partial charge in [-0.25, -0.2) is 0 Å². The number of rotatable bonds is 10. The average Bonchev–Trinajstić information content (AvgIpc) is 3.16. The highest BCUT2D eigenvalue weighted by atomic mass is 32.1. The lowest BCUT2D eigenvalue weighted by Crippen LogP contribution is -2.38. The minimum absolute atomic E-state index is 0.383. The fraction of sp³-hybridized carbons (Fsp3) is 1.00. The van der Waals surface area contributed by atoms with E-state index >= 15 is 0 Å². The molecule has 1 rings (SSSR count). The van der Waals surface area contributed by atoms with Crippen LogP contribution in [0.1, 0.15) is 39.5 Å². The number of ether oxygens (including phenoxy) is 1. The second-order valence-electron chi connectivity index (χ2n) is 5.62. The third kappa shape index (κ3) is 5.62. The molecule has 0 aromatic rings. The number of likely N-dealkylation sites (N-methyl/N-ethyl adjacent to an activating group) is 1. The van der Waals surface area contributed by atoms with E-state index in [0.717, 1.165) is 38.0 Å². The van der Waals surface area contributed by atoms with Gasteiger partial charge in [-0.3, -0.25) is 0 Å². The van der Waals surface area contributed by atoms with Gasteiger partial charge in [0.15, 0.2) is 0 Å². The average molecular weight is 259 g/mol. The molecular formula is C14H29NOS. The maximum atomic E-state index is 5.68. The third-order valence-corrected chi connectivity index (χ3v) is 4.78. The maximum absolute atomic E-state index is 5.68. The zero-order valence-corrected chi connectivity index (χ0v) is 12.6. The van der Waals surface area contributed by atoms with Crippen LogP contribution in [0.4, 0.5) is 0 Å². The van der Waals surface area contributed by atoms with Crippen molar-refractivity contribution in [3.63, 3.8) is 0 Å². The molecule has 1 aliphatic carbocycles. The van der Waals surface area contributed by atoms with Crippen LogP contribution in [-0.4, -0.2) is 44.0 Å². The standard InChI is InChI=1S/C14H29NOS/c1-4-14(5-2,12-17)11-15(3)8-9-16-10-13-6-7-13/h13,17H,4-12H2,1-3H3. The molecule has 3 heteroatoms. The molecule has 0 radical (unpaired) electrons. The Kier molecular flexibility index (Phi) is 6.90. The number of nitrogens with zero attached hydrogens (tertiary/aromatic N) is 1. The molecule has 102 valence electrons. The lowest BCUT2D eigenvalue weighted by Gasteiger charge is -2.34. The molecule has 0 amide bonds. The van der Waals surface area contributed by atoms with Crippen LogP contribution in [-0.2, 0) is 4.74 Å². The van der Waals surface area contributed by atoms with Crippen LogP contribution in [0, 0.1) is 11.3 Å². The summed E-state index contributed by atoms with van der Waals surface area (Å²) in [5, 5.41) is 0. The van der Waals surface area contributed by atoms with E-state index < -0.39 is 0 Å². The Balaban J connectivity index is 2.14. The monoisotopic (exact) mass is 259 g/mol. The summed E-state index contributed by atoms with van der Waals surface area (Å²) in [5.74, 6) is 1.86. The van der Waals surface area contributed by atoms with Gasteiger partial charge in [-0.2, -0.15) is 12.6 Å². The van der Waals surface area contributed by atoms with E-state index in [0.29, 0.717) is 5.41 Å². The molecule has 0 aromatic carbocycles.